The number of ether oxygens (including phenoxy) is 1. The van der Waals surface area contributed by atoms with Crippen LogP contribution in [0.5, 0.6) is 5.75 Å². The molecule has 2 nitrogen and oxygen atoms in total. The zero-order chi connectivity index (χ0) is 12.4. The summed E-state index contributed by atoms with van der Waals surface area (Å²) in [6, 6.07) is 17.0. The lowest BCUT2D eigenvalue weighted by atomic mass is 10.1. The quantitative estimate of drug-likeness (QED) is 0.815. The van der Waals surface area contributed by atoms with Gasteiger partial charge in [0.25, 0.3) is 0 Å². The van der Waals surface area contributed by atoms with Crippen LogP contribution in [0.1, 0.15) is 11.1 Å². The maximum Gasteiger partial charge on any atom is 0.118 e. The van der Waals surface area contributed by atoms with Crippen LogP contribution < -0.4 is 9.64 Å². The van der Waals surface area contributed by atoms with Gasteiger partial charge in [-0.2, -0.15) is 0 Å². The third-order valence-electron chi connectivity index (χ3n) is 3.52. The van der Waals surface area contributed by atoms with Gasteiger partial charge in [-0.3, -0.25) is 0 Å². The highest BCUT2D eigenvalue weighted by atomic mass is 16.5. The highest BCUT2D eigenvalue weighted by Crippen LogP contribution is 2.28. The predicted molar refractivity (Wildman–Crippen MR) is 74.2 cm³/mol. The molecule has 0 radical (unpaired) electrons. The standard InChI is InChI=1S/C16H17NO/c1-18-15-8-6-13(7-9-15)12-17-11-10-14-4-2-3-5-16(14)17/h2-9H,10-12H2,1H3. The molecule has 0 aliphatic carbocycles. The fraction of sp³-hybridized carbons (Fsp3) is 0.250. The van der Waals surface area contributed by atoms with E-state index in [-0.39, 0.29) is 0 Å². The molecule has 2 aromatic carbocycles. The first-order valence-electron chi connectivity index (χ1n) is 6.32. The van der Waals surface area contributed by atoms with Crippen LogP contribution in [-0.4, -0.2) is 13.7 Å². The van der Waals surface area contributed by atoms with Crippen molar-refractivity contribution in [1.82, 2.24) is 0 Å². The largest absolute Gasteiger partial charge is 0.497 e. The minimum Gasteiger partial charge on any atom is -0.497 e. The van der Waals surface area contributed by atoms with E-state index in [1.54, 1.807) is 7.11 Å². The highest BCUT2D eigenvalue weighted by molar-refractivity contribution is 5.58. The van der Waals surface area contributed by atoms with Crippen molar-refractivity contribution in [1.29, 1.82) is 0 Å². The Balaban J connectivity index is 1.77. The van der Waals surface area contributed by atoms with Crippen molar-refractivity contribution in [3.8, 4) is 5.75 Å². The van der Waals surface area contributed by atoms with Gasteiger partial charge in [-0.25, -0.2) is 0 Å². The topological polar surface area (TPSA) is 12.5 Å². The smallest absolute Gasteiger partial charge is 0.118 e. The normalized spacial score (nSPS) is 13.5. The molecule has 1 aliphatic heterocycles. The summed E-state index contributed by atoms with van der Waals surface area (Å²) in [4.78, 5) is 2.44. The van der Waals surface area contributed by atoms with E-state index in [9.17, 15) is 0 Å². The molecule has 3 rings (SSSR count). The van der Waals surface area contributed by atoms with Crippen molar-refractivity contribution in [2.45, 2.75) is 13.0 Å². The van der Waals surface area contributed by atoms with E-state index < -0.39 is 0 Å². The molecule has 0 aromatic heterocycles. The SMILES string of the molecule is COc1ccc(CN2CCc3ccccc32)cc1. The molecule has 0 amide bonds. The first-order chi connectivity index (χ1) is 8.86. The second-order valence-corrected chi connectivity index (χ2v) is 4.65. The number of hydrogen-bond donors (Lipinski definition) is 0. The molecular weight excluding hydrogens is 222 g/mol. The Morgan fingerprint density at radius 2 is 1.83 bits per heavy atom. The third kappa shape index (κ3) is 2.06. The van der Waals surface area contributed by atoms with Gasteiger partial charge in [0.1, 0.15) is 5.75 Å². The van der Waals surface area contributed by atoms with Gasteiger partial charge in [-0.15, -0.1) is 0 Å². The summed E-state index contributed by atoms with van der Waals surface area (Å²) >= 11 is 0. The fourth-order valence-corrected chi connectivity index (χ4v) is 2.52. The first kappa shape index (κ1) is 11.1. The van der Waals surface area contributed by atoms with E-state index in [1.807, 2.05) is 12.1 Å². The van der Waals surface area contributed by atoms with Gasteiger partial charge < -0.3 is 9.64 Å². The molecule has 2 heteroatoms. The Morgan fingerprint density at radius 3 is 2.61 bits per heavy atom. The van der Waals surface area contributed by atoms with Crippen molar-refractivity contribution in [2.75, 3.05) is 18.6 Å². The molecule has 0 unspecified atom stereocenters. The van der Waals surface area contributed by atoms with Crippen LogP contribution in [0, 0.1) is 0 Å². The number of methoxy groups -OCH3 is 1. The van der Waals surface area contributed by atoms with E-state index in [4.69, 9.17) is 4.74 Å². The zero-order valence-corrected chi connectivity index (χ0v) is 10.6. The van der Waals surface area contributed by atoms with Crippen LogP contribution in [0.3, 0.4) is 0 Å². The first-order valence-corrected chi connectivity index (χ1v) is 6.32. The van der Waals surface area contributed by atoms with Gasteiger partial charge >= 0.3 is 0 Å². The summed E-state index contributed by atoms with van der Waals surface area (Å²) in [5.74, 6) is 0.917. The second kappa shape index (κ2) is 4.73. The number of anilines is 1. The summed E-state index contributed by atoms with van der Waals surface area (Å²) in [7, 11) is 1.70. The highest BCUT2D eigenvalue weighted by Gasteiger charge is 2.17. The lowest BCUT2D eigenvalue weighted by Gasteiger charge is -2.19. The number of rotatable bonds is 3. The van der Waals surface area contributed by atoms with Gasteiger partial charge in [0.05, 0.1) is 7.11 Å². The van der Waals surface area contributed by atoms with Crippen LogP contribution >= 0.6 is 0 Å². The van der Waals surface area contributed by atoms with E-state index in [0.29, 0.717) is 0 Å². The molecule has 1 aliphatic rings. The predicted octanol–water partition coefficient (Wildman–Crippen LogP) is 3.26. The molecule has 0 saturated carbocycles. The van der Waals surface area contributed by atoms with Crippen molar-refractivity contribution in [2.24, 2.45) is 0 Å². The lowest BCUT2D eigenvalue weighted by molar-refractivity contribution is 0.414. The van der Waals surface area contributed by atoms with Crippen molar-refractivity contribution < 1.29 is 4.74 Å². The Morgan fingerprint density at radius 1 is 1.06 bits per heavy atom. The molecule has 0 fully saturated rings. The maximum atomic E-state index is 5.18. The van der Waals surface area contributed by atoms with Gasteiger partial charge in [-0.05, 0) is 35.7 Å². The molecule has 0 spiro atoms. The van der Waals surface area contributed by atoms with Crippen molar-refractivity contribution in [3.63, 3.8) is 0 Å². The molecule has 92 valence electrons. The van der Waals surface area contributed by atoms with Crippen LogP contribution in [-0.2, 0) is 13.0 Å². The fourth-order valence-electron chi connectivity index (χ4n) is 2.52. The van der Waals surface area contributed by atoms with Crippen molar-refractivity contribution in [3.05, 3.63) is 59.7 Å². The molecule has 0 saturated heterocycles. The molecule has 1 heterocycles. The maximum absolute atomic E-state index is 5.18. The summed E-state index contributed by atoms with van der Waals surface area (Å²) < 4.78 is 5.18. The van der Waals surface area contributed by atoms with Crippen LogP contribution in [0.15, 0.2) is 48.5 Å². The minimum atomic E-state index is 0.917. The molecule has 0 bridgehead atoms. The zero-order valence-electron chi connectivity index (χ0n) is 10.6. The monoisotopic (exact) mass is 239 g/mol. The Labute approximate surface area is 108 Å². The van der Waals surface area contributed by atoms with Crippen molar-refractivity contribution >= 4 is 5.69 Å². The summed E-state index contributed by atoms with van der Waals surface area (Å²) in [6.07, 6.45) is 1.16. The van der Waals surface area contributed by atoms with Gasteiger partial charge in [-0.1, -0.05) is 30.3 Å². The molecule has 0 atom stereocenters. The lowest BCUT2D eigenvalue weighted by Crippen LogP contribution is -2.19. The summed E-state index contributed by atoms with van der Waals surface area (Å²) in [5.41, 5.74) is 4.17. The number of hydrogen-bond acceptors (Lipinski definition) is 2. The molecular formula is C16H17NO. The number of para-hydroxylation sites is 1. The van der Waals surface area contributed by atoms with E-state index in [1.165, 1.54) is 16.8 Å². The summed E-state index contributed by atoms with van der Waals surface area (Å²) in [5, 5.41) is 0. The number of benzene rings is 2. The second-order valence-electron chi connectivity index (χ2n) is 4.65. The third-order valence-corrected chi connectivity index (χ3v) is 3.52. The molecule has 2 aromatic rings. The van der Waals surface area contributed by atoms with E-state index >= 15 is 0 Å². The molecule has 0 N–H and O–H groups in total. The Hall–Kier alpha value is -1.96. The van der Waals surface area contributed by atoms with Crippen LogP contribution in [0.25, 0.3) is 0 Å². The average molecular weight is 239 g/mol. The van der Waals surface area contributed by atoms with Crippen LogP contribution in [0.2, 0.25) is 0 Å². The van der Waals surface area contributed by atoms with Gasteiger partial charge in [0, 0.05) is 18.8 Å². The summed E-state index contributed by atoms with van der Waals surface area (Å²) in [6.45, 7) is 2.09. The number of nitrogens with zero attached hydrogens (tertiary/aromatic N) is 1. The molecule has 18 heavy (non-hydrogen) atoms. The Kier molecular flexibility index (Phi) is 2.93. The van der Waals surface area contributed by atoms with E-state index in [2.05, 4.69) is 41.3 Å². The van der Waals surface area contributed by atoms with E-state index in [0.717, 1.165) is 25.3 Å². The minimum absolute atomic E-state index is 0.917. The van der Waals surface area contributed by atoms with Gasteiger partial charge in [0.2, 0.25) is 0 Å². The Bertz CT molecular complexity index is 533. The number of fused-ring (bicyclic) bond motifs is 1. The van der Waals surface area contributed by atoms with Gasteiger partial charge in [0.15, 0.2) is 0 Å². The van der Waals surface area contributed by atoms with Crippen LogP contribution in [0.4, 0.5) is 5.69 Å². The average Bonchev–Trinajstić information content (AvgIpc) is 2.83.